The van der Waals surface area contributed by atoms with Crippen LogP contribution in [0.25, 0.3) is 0 Å². The maximum atomic E-state index is 11.5. The van der Waals surface area contributed by atoms with Crippen molar-refractivity contribution < 1.29 is 40.2 Å². The molecule has 0 amide bonds. The van der Waals surface area contributed by atoms with E-state index in [-0.39, 0.29) is 25.9 Å². The van der Waals surface area contributed by atoms with E-state index in [9.17, 15) is 19.8 Å². The molecule has 10 nitrogen and oxygen atoms in total. The number of rotatable bonds is 18. The van der Waals surface area contributed by atoms with Crippen LogP contribution in [-0.2, 0) is 9.59 Å². The Morgan fingerprint density at radius 2 is 1.32 bits per heavy atom. The van der Waals surface area contributed by atoms with Crippen molar-refractivity contribution in [2.75, 3.05) is 13.1 Å². The Bertz CT molecular complexity index is 442. The summed E-state index contributed by atoms with van der Waals surface area (Å²) in [6.45, 7) is -0.146. The highest BCUT2D eigenvalue weighted by Crippen LogP contribution is 2.18. The minimum Gasteiger partial charge on any atom is -0.481 e. The Balaban J connectivity index is 4.12. The van der Waals surface area contributed by atoms with Gasteiger partial charge in [0, 0.05) is 19.5 Å². The van der Waals surface area contributed by atoms with E-state index in [1.165, 1.54) is 0 Å². The summed E-state index contributed by atoms with van der Waals surface area (Å²) in [5.74, 6) is -5.44. The van der Waals surface area contributed by atoms with Gasteiger partial charge in [0.1, 0.15) is 6.04 Å². The third-order valence-corrected chi connectivity index (χ3v) is 4.60. The molecule has 0 bridgehead atoms. The molecule has 0 spiro atoms. The highest BCUT2D eigenvalue weighted by molar-refractivity contribution is 5.73. The van der Waals surface area contributed by atoms with E-state index < -0.39 is 30.2 Å². The molecule has 2 atom stereocenters. The molecule has 0 radical (unpaired) electrons. The fourth-order valence-corrected chi connectivity index (χ4v) is 3.10. The van der Waals surface area contributed by atoms with Crippen LogP contribution in [0.5, 0.6) is 0 Å². The Morgan fingerprint density at radius 1 is 0.857 bits per heavy atom. The average molecular weight is 408 g/mol. The van der Waals surface area contributed by atoms with Crippen molar-refractivity contribution in [3.63, 3.8) is 0 Å². The summed E-state index contributed by atoms with van der Waals surface area (Å²) in [6, 6.07) is -1.20. The molecule has 0 heterocycles. The van der Waals surface area contributed by atoms with Crippen molar-refractivity contribution >= 4 is 11.9 Å². The van der Waals surface area contributed by atoms with Crippen molar-refractivity contribution in [1.29, 1.82) is 0 Å². The van der Waals surface area contributed by atoms with Gasteiger partial charge in [-0.25, -0.2) is 0 Å². The van der Waals surface area contributed by atoms with Gasteiger partial charge in [-0.1, -0.05) is 51.4 Å². The number of aliphatic carboxylic acids is 2. The smallest absolute Gasteiger partial charge is 0.321 e. The zero-order valence-corrected chi connectivity index (χ0v) is 16.4. The largest absolute Gasteiger partial charge is 0.481 e. The second kappa shape index (κ2) is 14.7. The lowest BCUT2D eigenvalue weighted by Crippen LogP contribution is -2.59. The molecule has 0 aromatic rings. The lowest BCUT2D eigenvalue weighted by Gasteiger charge is -2.36. The summed E-state index contributed by atoms with van der Waals surface area (Å²) >= 11 is 0. The second-order valence-corrected chi connectivity index (χ2v) is 7.06. The second-order valence-electron chi connectivity index (χ2n) is 7.06. The van der Waals surface area contributed by atoms with Crippen LogP contribution in [0.2, 0.25) is 0 Å². The lowest BCUT2D eigenvalue weighted by atomic mass is 10.0. The monoisotopic (exact) mass is 408 g/mol. The molecule has 0 aliphatic rings. The predicted molar refractivity (Wildman–Crippen MR) is 101 cm³/mol. The average Bonchev–Trinajstić information content (AvgIpc) is 2.59. The van der Waals surface area contributed by atoms with Gasteiger partial charge in [0.05, 0.1) is 0 Å². The van der Waals surface area contributed by atoms with Gasteiger partial charge in [0.2, 0.25) is 0 Å². The Kier molecular flexibility index (Phi) is 14.0. The van der Waals surface area contributed by atoms with Crippen LogP contribution in [0, 0.1) is 0 Å². The fourth-order valence-electron chi connectivity index (χ4n) is 3.10. The number of unbranched alkanes of at least 4 members (excludes halogenated alkanes) is 8. The topological polar surface area (TPSA) is 185 Å². The number of carboxylic acids is 2. The summed E-state index contributed by atoms with van der Waals surface area (Å²) in [5, 5.41) is 55.2. The Hall–Kier alpha value is -1.30. The first kappa shape index (κ1) is 26.7. The zero-order chi connectivity index (χ0) is 21.6. The quantitative estimate of drug-likeness (QED) is 0.120. The van der Waals surface area contributed by atoms with Crippen LogP contribution in [0.15, 0.2) is 0 Å². The molecular weight excluding hydrogens is 372 g/mol. The minimum absolute atomic E-state index is 0.0244. The molecule has 0 fully saturated rings. The standard InChI is InChI=1S/C18H36N2O8/c19-12-13-20(17(25)18(26,27)28)14(16(23)24)10-8-6-4-2-1-3-5-7-9-11-15(21)22/h14,17,25-28H,1-13,19H2,(H,21,22)(H,23,24). The Morgan fingerprint density at radius 3 is 1.71 bits per heavy atom. The van der Waals surface area contributed by atoms with Crippen LogP contribution in [0.3, 0.4) is 0 Å². The van der Waals surface area contributed by atoms with Crippen LogP contribution in [-0.4, -0.2) is 78.8 Å². The first-order valence-corrected chi connectivity index (χ1v) is 9.86. The third kappa shape index (κ3) is 12.2. The molecule has 28 heavy (non-hydrogen) atoms. The molecule has 166 valence electrons. The van der Waals surface area contributed by atoms with Gasteiger partial charge < -0.3 is 36.4 Å². The number of hydrogen-bond acceptors (Lipinski definition) is 8. The molecular formula is C18H36N2O8. The number of nitrogens with zero attached hydrogens (tertiary/aromatic N) is 1. The number of aliphatic hydroxyl groups is 4. The highest BCUT2D eigenvalue weighted by Gasteiger charge is 2.40. The third-order valence-electron chi connectivity index (χ3n) is 4.60. The van der Waals surface area contributed by atoms with Gasteiger partial charge in [-0.3, -0.25) is 14.5 Å². The van der Waals surface area contributed by atoms with E-state index in [0.717, 1.165) is 49.8 Å². The zero-order valence-electron chi connectivity index (χ0n) is 16.4. The summed E-state index contributed by atoms with van der Waals surface area (Å²) in [7, 11) is 0. The van der Waals surface area contributed by atoms with E-state index in [1.807, 2.05) is 0 Å². The van der Waals surface area contributed by atoms with E-state index in [1.54, 1.807) is 0 Å². The van der Waals surface area contributed by atoms with Crippen molar-refractivity contribution in [1.82, 2.24) is 4.90 Å². The van der Waals surface area contributed by atoms with Gasteiger partial charge in [-0.15, -0.1) is 0 Å². The SMILES string of the molecule is NCCN(C(CCCCCCCCCCCC(=O)O)C(=O)O)C(O)C(O)(O)O. The first-order valence-electron chi connectivity index (χ1n) is 9.86. The first-order chi connectivity index (χ1) is 13.1. The molecule has 10 heteroatoms. The summed E-state index contributed by atoms with van der Waals surface area (Å²) in [6.07, 6.45) is 6.18. The van der Waals surface area contributed by atoms with Crippen LogP contribution >= 0.6 is 0 Å². The predicted octanol–water partition coefficient (Wildman–Crippen LogP) is 0.0251. The van der Waals surface area contributed by atoms with Gasteiger partial charge in [-0.05, 0) is 12.8 Å². The highest BCUT2D eigenvalue weighted by atomic mass is 16.7. The summed E-state index contributed by atoms with van der Waals surface area (Å²) in [5.41, 5.74) is 5.40. The summed E-state index contributed by atoms with van der Waals surface area (Å²) < 4.78 is 0. The van der Waals surface area contributed by atoms with Crippen molar-refractivity contribution in [2.24, 2.45) is 5.73 Å². The molecule has 0 rings (SSSR count). The molecule has 0 aromatic carbocycles. The molecule has 2 unspecified atom stereocenters. The number of hydrogen-bond donors (Lipinski definition) is 7. The van der Waals surface area contributed by atoms with Crippen LogP contribution in [0.4, 0.5) is 0 Å². The van der Waals surface area contributed by atoms with Gasteiger partial charge in [-0.2, -0.15) is 0 Å². The van der Waals surface area contributed by atoms with Crippen molar-refractivity contribution in [3.05, 3.63) is 0 Å². The molecule has 0 aliphatic carbocycles. The normalized spacial score (nSPS) is 14.2. The van der Waals surface area contributed by atoms with E-state index in [2.05, 4.69) is 0 Å². The molecule has 0 saturated carbocycles. The lowest BCUT2D eigenvalue weighted by molar-refractivity contribution is -0.381. The number of carbonyl (C=O) groups is 2. The molecule has 8 N–H and O–H groups in total. The van der Waals surface area contributed by atoms with Gasteiger partial charge in [0.25, 0.3) is 0 Å². The minimum atomic E-state index is -3.44. The number of carboxylic acid groups (broad SMARTS) is 2. The summed E-state index contributed by atoms with van der Waals surface area (Å²) in [4.78, 5) is 22.8. The maximum absolute atomic E-state index is 11.5. The maximum Gasteiger partial charge on any atom is 0.321 e. The molecule has 0 aliphatic heterocycles. The van der Waals surface area contributed by atoms with E-state index in [0.29, 0.717) is 12.8 Å². The van der Waals surface area contributed by atoms with E-state index in [4.69, 9.17) is 26.2 Å². The fraction of sp³-hybridized carbons (Fsp3) is 0.889. The molecule has 0 aromatic heterocycles. The van der Waals surface area contributed by atoms with E-state index >= 15 is 0 Å². The van der Waals surface area contributed by atoms with Gasteiger partial charge >= 0.3 is 17.9 Å². The van der Waals surface area contributed by atoms with Crippen molar-refractivity contribution in [3.8, 4) is 0 Å². The Labute approximate surface area is 165 Å². The number of aliphatic hydroxyl groups excluding tert-OH is 1. The number of nitrogens with two attached hydrogens (primary N) is 1. The van der Waals surface area contributed by atoms with Gasteiger partial charge in [0.15, 0.2) is 6.23 Å². The molecule has 0 saturated heterocycles. The van der Waals surface area contributed by atoms with Crippen LogP contribution < -0.4 is 5.73 Å². The van der Waals surface area contributed by atoms with Crippen molar-refractivity contribution in [2.45, 2.75) is 88.9 Å². The van der Waals surface area contributed by atoms with Crippen LogP contribution in [0.1, 0.15) is 70.6 Å².